The summed E-state index contributed by atoms with van der Waals surface area (Å²) in [6.07, 6.45) is 4.60. The summed E-state index contributed by atoms with van der Waals surface area (Å²) in [5, 5.41) is 2.20. The predicted molar refractivity (Wildman–Crippen MR) is 106 cm³/mol. The first kappa shape index (κ1) is 18.5. The number of fused-ring (bicyclic) bond motifs is 2. The van der Waals surface area contributed by atoms with E-state index in [1.165, 1.54) is 17.5 Å². The van der Waals surface area contributed by atoms with Gasteiger partial charge in [0.2, 0.25) is 11.8 Å². The molecule has 5 rings (SSSR count). The van der Waals surface area contributed by atoms with Crippen molar-refractivity contribution in [3.63, 3.8) is 0 Å². The Hall–Kier alpha value is -3.48. The van der Waals surface area contributed by atoms with Crippen LogP contribution in [0.3, 0.4) is 0 Å². The van der Waals surface area contributed by atoms with Gasteiger partial charge in [-0.3, -0.25) is 29.4 Å². The van der Waals surface area contributed by atoms with Crippen LogP contribution in [0, 0.1) is 0 Å². The number of hydrogen-bond acceptors (Lipinski definition) is 5. The molecule has 0 spiro atoms. The second-order valence-electron chi connectivity index (χ2n) is 7.87. The molecule has 1 N–H and O–H groups in total. The summed E-state index contributed by atoms with van der Waals surface area (Å²) in [5.74, 6) is -1.24. The van der Waals surface area contributed by atoms with Crippen molar-refractivity contribution in [1.82, 2.24) is 10.2 Å². The second-order valence-corrected chi connectivity index (χ2v) is 7.87. The highest BCUT2D eigenvalue weighted by molar-refractivity contribution is 6.24. The van der Waals surface area contributed by atoms with Crippen molar-refractivity contribution in [3.05, 3.63) is 58.7 Å². The molecule has 30 heavy (non-hydrogen) atoms. The van der Waals surface area contributed by atoms with Crippen molar-refractivity contribution in [2.75, 3.05) is 0 Å². The normalized spacial score (nSPS) is 20.7. The Morgan fingerprint density at radius 1 is 0.900 bits per heavy atom. The Morgan fingerprint density at radius 3 is 2.50 bits per heavy atom. The van der Waals surface area contributed by atoms with Crippen molar-refractivity contribution in [2.45, 2.75) is 44.6 Å². The van der Waals surface area contributed by atoms with Crippen LogP contribution in [0.1, 0.15) is 57.5 Å². The summed E-state index contributed by atoms with van der Waals surface area (Å²) in [4.78, 5) is 50.7. The number of carbonyl (C=O) groups is 4. The number of ether oxygens (including phenoxy) is 1. The van der Waals surface area contributed by atoms with E-state index in [2.05, 4.69) is 11.4 Å². The summed E-state index contributed by atoms with van der Waals surface area (Å²) in [5.41, 5.74) is 2.94. The predicted octanol–water partition coefficient (Wildman–Crippen LogP) is 2.76. The molecule has 7 heteroatoms. The summed E-state index contributed by atoms with van der Waals surface area (Å²) in [6, 6.07) is 9.79. The lowest BCUT2D eigenvalue weighted by atomic mass is 9.92. The third-order valence-corrected chi connectivity index (χ3v) is 5.98. The first-order valence-electron chi connectivity index (χ1n) is 10.2. The molecule has 0 aromatic heterocycles. The lowest BCUT2D eigenvalue weighted by Crippen LogP contribution is -2.54. The SMILES string of the molecule is O=C1CCC(N2C(=O)c3cccc(Oc4ccc5c(c4)CCCC5)c3C2=O)C(=O)N1. The quantitative estimate of drug-likeness (QED) is 0.794. The first-order valence-corrected chi connectivity index (χ1v) is 10.2. The van der Waals surface area contributed by atoms with Gasteiger partial charge in [0, 0.05) is 6.42 Å². The van der Waals surface area contributed by atoms with Gasteiger partial charge in [-0.1, -0.05) is 12.1 Å². The number of hydrogen-bond donors (Lipinski definition) is 1. The molecule has 2 aromatic rings. The highest BCUT2D eigenvalue weighted by Gasteiger charge is 2.46. The largest absolute Gasteiger partial charge is 0.456 e. The Balaban J connectivity index is 1.46. The van der Waals surface area contributed by atoms with Crippen molar-refractivity contribution in [2.24, 2.45) is 0 Å². The molecule has 4 amide bonds. The average Bonchev–Trinajstić information content (AvgIpc) is 2.99. The number of nitrogens with one attached hydrogen (secondary N) is 1. The average molecular weight is 404 g/mol. The van der Waals surface area contributed by atoms with Gasteiger partial charge in [0.15, 0.2) is 0 Å². The highest BCUT2D eigenvalue weighted by atomic mass is 16.5. The van der Waals surface area contributed by atoms with Crippen LogP contribution in [0.5, 0.6) is 11.5 Å². The molecule has 0 saturated carbocycles. The van der Waals surface area contributed by atoms with E-state index in [9.17, 15) is 19.2 Å². The molecule has 3 aliphatic rings. The smallest absolute Gasteiger partial charge is 0.266 e. The van der Waals surface area contributed by atoms with E-state index in [4.69, 9.17) is 4.74 Å². The fourth-order valence-electron chi connectivity index (χ4n) is 4.47. The molecule has 1 saturated heterocycles. The summed E-state index contributed by atoms with van der Waals surface area (Å²) >= 11 is 0. The lowest BCUT2D eigenvalue weighted by molar-refractivity contribution is -0.136. The number of carbonyl (C=O) groups excluding carboxylic acids is 4. The molecule has 2 aliphatic heterocycles. The summed E-state index contributed by atoms with van der Waals surface area (Å²) in [6.45, 7) is 0. The molecule has 7 nitrogen and oxygen atoms in total. The second kappa shape index (κ2) is 7.09. The molecule has 0 radical (unpaired) electrons. The first-order chi connectivity index (χ1) is 14.5. The maximum absolute atomic E-state index is 13.1. The monoisotopic (exact) mass is 404 g/mol. The fraction of sp³-hybridized carbons (Fsp3) is 0.304. The van der Waals surface area contributed by atoms with Crippen LogP contribution in [-0.4, -0.2) is 34.6 Å². The fourth-order valence-corrected chi connectivity index (χ4v) is 4.47. The van der Waals surface area contributed by atoms with Gasteiger partial charge >= 0.3 is 0 Å². The van der Waals surface area contributed by atoms with Crippen molar-refractivity contribution in [3.8, 4) is 11.5 Å². The maximum atomic E-state index is 13.1. The molecule has 1 fully saturated rings. The molecule has 1 unspecified atom stereocenters. The zero-order chi connectivity index (χ0) is 20.8. The minimum Gasteiger partial charge on any atom is -0.456 e. The van der Waals surface area contributed by atoms with E-state index in [1.54, 1.807) is 18.2 Å². The number of piperidine rings is 1. The van der Waals surface area contributed by atoms with Crippen LogP contribution in [0.25, 0.3) is 0 Å². The minimum absolute atomic E-state index is 0.0856. The third-order valence-electron chi connectivity index (χ3n) is 5.98. The van der Waals surface area contributed by atoms with Crippen molar-refractivity contribution < 1.29 is 23.9 Å². The van der Waals surface area contributed by atoms with Gasteiger partial charge < -0.3 is 4.74 Å². The van der Waals surface area contributed by atoms with Gasteiger partial charge in [0.1, 0.15) is 17.5 Å². The van der Waals surface area contributed by atoms with Gasteiger partial charge in [-0.2, -0.15) is 0 Å². The van der Waals surface area contributed by atoms with Gasteiger partial charge in [-0.05, 0) is 67.5 Å². The third kappa shape index (κ3) is 2.98. The standard InChI is InChI=1S/C23H20N2O5/c26-19-11-10-17(21(27)24-19)25-22(28)16-6-3-7-18(20(16)23(25)29)30-15-9-8-13-4-1-2-5-14(13)12-15/h3,6-9,12,17H,1-2,4-5,10-11H2,(H,24,26,27). The number of rotatable bonds is 3. The molecule has 2 aromatic carbocycles. The zero-order valence-electron chi connectivity index (χ0n) is 16.3. The van der Waals surface area contributed by atoms with Crippen LogP contribution in [0.15, 0.2) is 36.4 Å². The number of imide groups is 2. The number of nitrogens with zero attached hydrogens (tertiary/aromatic N) is 1. The Labute approximate surface area is 173 Å². The Morgan fingerprint density at radius 2 is 1.70 bits per heavy atom. The molecule has 1 atom stereocenters. The van der Waals surface area contributed by atoms with E-state index < -0.39 is 29.7 Å². The highest BCUT2D eigenvalue weighted by Crippen LogP contribution is 2.36. The summed E-state index contributed by atoms with van der Waals surface area (Å²) < 4.78 is 6.03. The van der Waals surface area contributed by atoms with E-state index in [0.29, 0.717) is 5.75 Å². The summed E-state index contributed by atoms with van der Waals surface area (Å²) in [7, 11) is 0. The van der Waals surface area contributed by atoms with Gasteiger partial charge in [-0.15, -0.1) is 0 Å². The van der Waals surface area contributed by atoms with Crippen molar-refractivity contribution in [1.29, 1.82) is 0 Å². The van der Waals surface area contributed by atoms with E-state index in [0.717, 1.165) is 24.2 Å². The van der Waals surface area contributed by atoms with Crippen LogP contribution >= 0.6 is 0 Å². The van der Waals surface area contributed by atoms with Crippen LogP contribution in [0.2, 0.25) is 0 Å². The zero-order valence-corrected chi connectivity index (χ0v) is 16.3. The molecule has 2 heterocycles. The Kier molecular flexibility index (Phi) is 4.38. The minimum atomic E-state index is -0.994. The van der Waals surface area contributed by atoms with E-state index >= 15 is 0 Å². The maximum Gasteiger partial charge on any atom is 0.266 e. The number of benzene rings is 2. The van der Waals surface area contributed by atoms with Gasteiger partial charge in [0.05, 0.1) is 11.1 Å². The molecular weight excluding hydrogens is 384 g/mol. The molecule has 152 valence electrons. The van der Waals surface area contributed by atoms with Gasteiger partial charge in [-0.25, -0.2) is 0 Å². The van der Waals surface area contributed by atoms with Gasteiger partial charge in [0.25, 0.3) is 11.8 Å². The lowest BCUT2D eigenvalue weighted by Gasteiger charge is -2.27. The van der Waals surface area contributed by atoms with E-state index in [1.807, 2.05) is 12.1 Å². The number of aryl methyl sites for hydroxylation is 2. The molecule has 0 bridgehead atoms. The number of amides is 4. The van der Waals surface area contributed by atoms with Crippen molar-refractivity contribution >= 4 is 23.6 Å². The van der Waals surface area contributed by atoms with Crippen LogP contribution in [0.4, 0.5) is 0 Å². The van der Waals surface area contributed by atoms with E-state index in [-0.39, 0.29) is 29.7 Å². The topological polar surface area (TPSA) is 92.8 Å². The Bertz CT molecular complexity index is 1110. The molecular formula is C23H20N2O5. The van der Waals surface area contributed by atoms with Crippen LogP contribution in [-0.2, 0) is 22.4 Å². The van der Waals surface area contributed by atoms with Crippen LogP contribution < -0.4 is 10.1 Å². The molecule has 1 aliphatic carbocycles.